The van der Waals surface area contributed by atoms with Gasteiger partial charge in [-0.2, -0.15) is 5.26 Å². The average molecular weight is 173 g/mol. The Bertz CT molecular complexity index is 320. The number of aryl methyl sites for hydroxylation is 2. The minimum atomic E-state index is 0.871. The van der Waals surface area contributed by atoms with E-state index in [-0.39, 0.29) is 0 Å². The molecule has 0 heterocycles. The highest BCUT2D eigenvalue weighted by molar-refractivity contribution is 5.43. The maximum Gasteiger partial charge on any atom is 0.0997 e. The van der Waals surface area contributed by atoms with Crippen molar-refractivity contribution in [3.63, 3.8) is 0 Å². The van der Waals surface area contributed by atoms with Gasteiger partial charge in [-0.15, -0.1) is 0 Å². The molecule has 0 saturated heterocycles. The summed E-state index contributed by atoms with van der Waals surface area (Å²) in [6.07, 6.45) is 3.37. The van der Waals surface area contributed by atoms with Gasteiger partial charge in [0.1, 0.15) is 0 Å². The van der Waals surface area contributed by atoms with Crippen molar-refractivity contribution in [3.8, 4) is 6.07 Å². The summed E-state index contributed by atoms with van der Waals surface area (Å²) in [5.41, 5.74) is 3.16. The molecule has 1 rings (SSSR count). The fraction of sp³-hybridized carbons (Fsp3) is 0.417. The number of hydrogen-bond donors (Lipinski definition) is 0. The Labute approximate surface area is 80.0 Å². The number of hydrogen-bond acceptors (Lipinski definition) is 1. The minimum Gasteiger partial charge on any atom is -0.192 e. The number of unbranched alkanes of at least 4 members (excludes halogenated alkanes) is 1. The summed E-state index contributed by atoms with van der Waals surface area (Å²) in [5.74, 6) is 0. The molecule has 0 unspecified atom stereocenters. The molecule has 0 saturated carbocycles. The van der Waals surface area contributed by atoms with Gasteiger partial charge in [0, 0.05) is 0 Å². The van der Waals surface area contributed by atoms with E-state index in [1.165, 1.54) is 12.0 Å². The van der Waals surface area contributed by atoms with Crippen molar-refractivity contribution in [1.82, 2.24) is 0 Å². The molecule has 0 fully saturated rings. The summed E-state index contributed by atoms with van der Waals surface area (Å²) in [6, 6.07) is 8.35. The third kappa shape index (κ3) is 2.32. The van der Waals surface area contributed by atoms with Crippen LogP contribution in [0.1, 0.15) is 36.5 Å². The molecule has 0 atom stereocenters. The van der Waals surface area contributed by atoms with Crippen LogP contribution >= 0.6 is 0 Å². The van der Waals surface area contributed by atoms with Crippen molar-refractivity contribution in [2.75, 3.05) is 0 Å². The Kier molecular flexibility index (Phi) is 3.52. The van der Waals surface area contributed by atoms with Gasteiger partial charge in [0.25, 0.3) is 0 Å². The molecule has 0 spiro atoms. The third-order valence-electron chi connectivity index (χ3n) is 2.27. The van der Waals surface area contributed by atoms with Crippen LogP contribution in [0, 0.1) is 18.3 Å². The highest BCUT2D eigenvalue weighted by Gasteiger charge is 2.03. The van der Waals surface area contributed by atoms with E-state index in [1.54, 1.807) is 0 Å². The molecular weight excluding hydrogens is 158 g/mol. The van der Waals surface area contributed by atoms with Gasteiger partial charge in [0.05, 0.1) is 11.6 Å². The normalized spacial score (nSPS) is 9.62. The quantitative estimate of drug-likeness (QED) is 0.688. The zero-order valence-electron chi connectivity index (χ0n) is 8.30. The van der Waals surface area contributed by atoms with Crippen LogP contribution in [0.4, 0.5) is 0 Å². The molecule has 1 aromatic carbocycles. The lowest BCUT2D eigenvalue weighted by Crippen LogP contribution is -1.92. The number of nitrogens with zero attached hydrogens (tertiary/aromatic N) is 1. The van der Waals surface area contributed by atoms with E-state index in [4.69, 9.17) is 5.26 Å². The van der Waals surface area contributed by atoms with Gasteiger partial charge in [0.15, 0.2) is 0 Å². The van der Waals surface area contributed by atoms with Crippen molar-refractivity contribution in [1.29, 1.82) is 5.26 Å². The summed E-state index contributed by atoms with van der Waals surface area (Å²) in [6.45, 7) is 4.16. The SMILES string of the molecule is CCCCc1cccc(C)c1C#N. The molecule has 0 aliphatic rings. The van der Waals surface area contributed by atoms with Crippen LogP contribution in [0.5, 0.6) is 0 Å². The van der Waals surface area contributed by atoms with Crippen molar-refractivity contribution >= 4 is 0 Å². The van der Waals surface area contributed by atoms with Gasteiger partial charge in [-0.1, -0.05) is 31.5 Å². The lowest BCUT2D eigenvalue weighted by atomic mass is 9.99. The zero-order chi connectivity index (χ0) is 9.68. The summed E-state index contributed by atoms with van der Waals surface area (Å²) in [4.78, 5) is 0. The smallest absolute Gasteiger partial charge is 0.0997 e. The van der Waals surface area contributed by atoms with Gasteiger partial charge in [0.2, 0.25) is 0 Å². The van der Waals surface area contributed by atoms with Crippen LogP contribution in [-0.4, -0.2) is 0 Å². The van der Waals surface area contributed by atoms with Crippen LogP contribution in [0.3, 0.4) is 0 Å². The fourth-order valence-electron chi connectivity index (χ4n) is 1.46. The summed E-state index contributed by atoms with van der Waals surface area (Å²) < 4.78 is 0. The van der Waals surface area contributed by atoms with Crippen molar-refractivity contribution in [2.45, 2.75) is 33.1 Å². The predicted octanol–water partition coefficient (Wildman–Crippen LogP) is 3.21. The van der Waals surface area contributed by atoms with Crippen LogP contribution in [0.25, 0.3) is 0 Å². The fourth-order valence-corrected chi connectivity index (χ4v) is 1.46. The molecule has 0 aromatic heterocycles. The predicted molar refractivity (Wildman–Crippen MR) is 54.5 cm³/mol. The Morgan fingerprint density at radius 1 is 1.38 bits per heavy atom. The van der Waals surface area contributed by atoms with Crippen LogP contribution < -0.4 is 0 Å². The second-order valence-corrected chi connectivity index (χ2v) is 3.32. The van der Waals surface area contributed by atoms with Gasteiger partial charge >= 0.3 is 0 Å². The number of rotatable bonds is 3. The summed E-state index contributed by atoms with van der Waals surface area (Å²) in [7, 11) is 0. The standard InChI is InChI=1S/C12H15N/c1-3-4-7-11-8-5-6-10(2)12(11)9-13/h5-6,8H,3-4,7H2,1-2H3. The highest BCUT2D eigenvalue weighted by Crippen LogP contribution is 2.15. The number of nitriles is 1. The van der Waals surface area contributed by atoms with Crippen molar-refractivity contribution in [2.24, 2.45) is 0 Å². The molecule has 0 N–H and O–H groups in total. The summed E-state index contributed by atoms with van der Waals surface area (Å²) >= 11 is 0. The van der Waals surface area contributed by atoms with E-state index in [1.807, 2.05) is 19.1 Å². The minimum absolute atomic E-state index is 0.871. The second-order valence-electron chi connectivity index (χ2n) is 3.32. The lowest BCUT2D eigenvalue weighted by molar-refractivity contribution is 0.793. The van der Waals surface area contributed by atoms with E-state index in [2.05, 4.69) is 19.1 Å². The number of benzene rings is 1. The zero-order valence-corrected chi connectivity index (χ0v) is 8.30. The first kappa shape index (κ1) is 9.80. The van der Waals surface area contributed by atoms with Crippen molar-refractivity contribution in [3.05, 3.63) is 34.9 Å². The van der Waals surface area contributed by atoms with E-state index in [0.717, 1.165) is 24.0 Å². The Morgan fingerprint density at radius 3 is 2.77 bits per heavy atom. The summed E-state index contributed by atoms with van der Waals surface area (Å²) in [5, 5.41) is 8.95. The molecule has 0 aliphatic heterocycles. The lowest BCUT2D eigenvalue weighted by Gasteiger charge is -2.04. The molecule has 0 radical (unpaired) electrons. The van der Waals surface area contributed by atoms with Crippen LogP contribution in [-0.2, 0) is 6.42 Å². The largest absolute Gasteiger partial charge is 0.192 e. The molecule has 68 valence electrons. The molecule has 0 aliphatic carbocycles. The molecule has 1 aromatic rings. The van der Waals surface area contributed by atoms with Crippen LogP contribution in [0.15, 0.2) is 18.2 Å². The first-order valence-electron chi connectivity index (χ1n) is 4.78. The first-order valence-corrected chi connectivity index (χ1v) is 4.78. The van der Waals surface area contributed by atoms with E-state index in [9.17, 15) is 0 Å². The van der Waals surface area contributed by atoms with Crippen molar-refractivity contribution < 1.29 is 0 Å². The highest BCUT2D eigenvalue weighted by atomic mass is 14.2. The Morgan fingerprint density at radius 2 is 2.15 bits per heavy atom. The molecule has 0 amide bonds. The Balaban J connectivity index is 2.93. The average Bonchev–Trinajstić information content (AvgIpc) is 2.15. The molecule has 1 heteroatoms. The molecule has 13 heavy (non-hydrogen) atoms. The third-order valence-corrected chi connectivity index (χ3v) is 2.27. The maximum absolute atomic E-state index is 8.95. The molecular formula is C12H15N. The van der Waals surface area contributed by atoms with E-state index < -0.39 is 0 Å². The van der Waals surface area contributed by atoms with Gasteiger partial charge in [-0.05, 0) is 30.9 Å². The van der Waals surface area contributed by atoms with Gasteiger partial charge in [-0.25, -0.2) is 0 Å². The Hall–Kier alpha value is -1.29. The van der Waals surface area contributed by atoms with Crippen LogP contribution in [0.2, 0.25) is 0 Å². The monoisotopic (exact) mass is 173 g/mol. The molecule has 0 bridgehead atoms. The first-order chi connectivity index (χ1) is 6.29. The maximum atomic E-state index is 8.95. The topological polar surface area (TPSA) is 23.8 Å². The van der Waals surface area contributed by atoms with E-state index >= 15 is 0 Å². The molecule has 1 nitrogen and oxygen atoms in total. The van der Waals surface area contributed by atoms with E-state index in [0.29, 0.717) is 0 Å². The van der Waals surface area contributed by atoms with Gasteiger partial charge < -0.3 is 0 Å². The van der Waals surface area contributed by atoms with Gasteiger partial charge in [-0.3, -0.25) is 0 Å². The second kappa shape index (κ2) is 4.67.